The molecule has 0 aliphatic carbocycles. The summed E-state index contributed by atoms with van der Waals surface area (Å²) in [6.07, 6.45) is 3.02. The number of halogens is 1. The van der Waals surface area contributed by atoms with Crippen molar-refractivity contribution in [2.45, 2.75) is 5.92 Å². The maximum atomic E-state index is 5.90. The van der Waals surface area contributed by atoms with Gasteiger partial charge in [-0.05, 0) is 34.2 Å². The Bertz CT molecular complexity index is 908. The van der Waals surface area contributed by atoms with Gasteiger partial charge in [-0.15, -0.1) is 0 Å². The van der Waals surface area contributed by atoms with Crippen LogP contribution in [0.25, 0.3) is 11.2 Å². The lowest BCUT2D eigenvalue weighted by molar-refractivity contribution is 0.0766. The zero-order chi connectivity index (χ0) is 15.8. The molecule has 7 nitrogen and oxygen atoms in total. The van der Waals surface area contributed by atoms with Crippen molar-refractivity contribution < 1.29 is 9.47 Å². The molecule has 3 N–H and O–H groups in total. The highest BCUT2D eigenvalue weighted by molar-refractivity contribution is 14.1. The van der Waals surface area contributed by atoms with Gasteiger partial charge in [-0.1, -0.05) is 18.2 Å². The first-order valence-corrected chi connectivity index (χ1v) is 7.97. The van der Waals surface area contributed by atoms with Crippen LogP contribution < -0.4 is 5.73 Å². The maximum Gasteiger partial charge on any atom is 0.229 e. The first-order chi connectivity index (χ1) is 11.2. The number of aromatic nitrogens is 4. The number of nitrogens with zero attached hydrogens (tertiary/aromatic N) is 3. The summed E-state index contributed by atoms with van der Waals surface area (Å²) in [4.78, 5) is 15.9. The predicted molar refractivity (Wildman–Crippen MR) is 92.2 cm³/mol. The van der Waals surface area contributed by atoms with Gasteiger partial charge in [-0.2, -0.15) is 0 Å². The Hall–Kier alpha value is -2.36. The Labute approximate surface area is 145 Å². The Morgan fingerprint density at radius 1 is 1.26 bits per heavy atom. The Kier molecular flexibility index (Phi) is 3.52. The van der Waals surface area contributed by atoms with Crippen molar-refractivity contribution in [1.29, 1.82) is 0 Å². The molecule has 0 radical (unpaired) electrons. The molecule has 3 aromatic rings. The summed E-state index contributed by atoms with van der Waals surface area (Å²) in [5, 5.41) is 0. The van der Waals surface area contributed by atoms with Gasteiger partial charge in [0, 0.05) is 3.57 Å². The molecule has 0 saturated heterocycles. The third-order valence-electron chi connectivity index (χ3n) is 3.60. The van der Waals surface area contributed by atoms with E-state index in [1.165, 1.54) is 6.33 Å². The number of fused-ring (bicyclic) bond motifs is 1. The number of allylic oxidation sites excluding steroid dienone is 1. The van der Waals surface area contributed by atoms with Gasteiger partial charge in [-0.3, -0.25) is 0 Å². The van der Waals surface area contributed by atoms with Crippen LogP contribution in [0.5, 0.6) is 0 Å². The normalized spacial score (nSPS) is 15.1. The van der Waals surface area contributed by atoms with E-state index in [2.05, 4.69) is 42.5 Å². The zero-order valence-corrected chi connectivity index (χ0v) is 14.0. The Morgan fingerprint density at radius 2 is 2.13 bits per heavy atom. The minimum absolute atomic E-state index is 0.206. The van der Waals surface area contributed by atoms with Gasteiger partial charge in [0.15, 0.2) is 11.5 Å². The molecule has 0 spiro atoms. The van der Waals surface area contributed by atoms with Gasteiger partial charge in [0.2, 0.25) is 6.79 Å². The highest BCUT2D eigenvalue weighted by Gasteiger charge is 2.29. The van der Waals surface area contributed by atoms with Gasteiger partial charge >= 0.3 is 0 Å². The first kappa shape index (κ1) is 14.2. The maximum absolute atomic E-state index is 5.90. The van der Waals surface area contributed by atoms with Crippen LogP contribution >= 0.6 is 22.6 Å². The van der Waals surface area contributed by atoms with Gasteiger partial charge < -0.3 is 20.2 Å². The molecule has 1 aliphatic rings. The van der Waals surface area contributed by atoms with Gasteiger partial charge in [0.05, 0.1) is 0 Å². The number of nitrogens with one attached hydrogen (secondary N) is 1. The molecule has 1 atom stereocenters. The van der Waals surface area contributed by atoms with E-state index in [-0.39, 0.29) is 12.7 Å². The van der Waals surface area contributed by atoms with Crippen molar-refractivity contribution in [3.8, 4) is 0 Å². The number of benzene rings is 1. The largest absolute Gasteiger partial charge is 0.462 e. The summed E-state index contributed by atoms with van der Waals surface area (Å²) in [5.41, 5.74) is 8.12. The minimum Gasteiger partial charge on any atom is -0.462 e. The van der Waals surface area contributed by atoms with Crippen molar-refractivity contribution in [1.82, 2.24) is 19.9 Å². The average molecular weight is 421 g/mol. The van der Waals surface area contributed by atoms with E-state index >= 15 is 0 Å². The average Bonchev–Trinajstić information content (AvgIpc) is 3.20. The molecule has 116 valence electrons. The molecule has 0 saturated carbocycles. The van der Waals surface area contributed by atoms with Crippen molar-refractivity contribution >= 4 is 39.6 Å². The summed E-state index contributed by atoms with van der Waals surface area (Å²) in [7, 11) is 0. The molecule has 3 heterocycles. The second kappa shape index (κ2) is 5.69. The van der Waals surface area contributed by atoms with Gasteiger partial charge in [0.25, 0.3) is 0 Å². The summed E-state index contributed by atoms with van der Waals surface area (Å²) in [6.45, 7) is 0.206. The molecule has 1 aliphatic heterocycles. The SMILES string of the molecule is Nc1ncnc2nc(C(C3=COCO3)c3ccccc3I)[nH]c12. The van der Waals surface area contributed by atoms with Crippen LogP contribution in [0.4, 0.5) is 5.82 Å². The lowest BCUT2D eigenvalue weighted by atomic mass is 9.96. The number of H-pyrrole nitrogens is 1. The quantitative estimate of drug-likeness (QED) is 0.631. The number of hydrogen-bond donors (Lipinski definition) is 2. The number of hydrogen-bond acceptors (Lipinski definition) is 6. The first-order valence-electron chi connectivity index (χ1n) is 6.89. The van der Waals surface area contributed by atoms with E-state index in [0.717, 1.165) is 9.13 Å². The van der Waals surface area contributed by atoms with Gasteiger partial charge in [0.1, 0.15) is 35.6 Å². The molecule has 1 unspecified atom stereocenters. The Balaban J connectivity index is 1.90. The van der Waals surface area contributed by atoms with E-state index in [9.17, 15) is 0 Å². The third kappa shape index (κ3) is 2.48. The number of anilines is 1. The molecule has 23 heavy (non-hydrogen) atoms. The second-order valence-corrected chi connectivity index (χ2v) is 6.15. The topological polar surface area (TPSA) is 98.9 Å². The van der Waals surface area contributed by atoms with Crippen molar-refractivity contribution in [3.63, 3.8) is 0 Å². The summed E-state index contributed by atoms with van der Waals surface area (Å²) < 4.78 is 12.0. The molecule has 0 amide bonds. The van der Waals surface area contributed by atoms with E-state index in [4.69, 9.17) is 15.2 Å². The molecule has 4 rings (SSSR count). The minimum atomic E-state index is -0.223. The number of rotatable bonds is 3. The highest BCUT2D eigenvalue weighted by Crippen LogP contribution is 2.36. The Morgan fingerprint density at radius 3 is 2.87 bits per heavy atom. The molecule has 0 fully saturated rings. The molecule has 0 bridgehead atoms. The summed E-state index contributed by atoms with van der Waals surface area (Å²) in [5.74, 6) is 1.53. The summed E-state index contributed by atoms with van der Waals surface area (Å²) >= 11 is 2.30. The molecule has 2 aromatic heterocycles. The van der Waals surface area contributed by atoms with Crippen LogP contribution in [0, 0.1) is 3.57 Å². The number of aromatic amines is 1. The molecular formula is C15H12IN5O2. The van der Waals surface area contributed by atoms with Crippen LogP contribution in [0.15, 0.2) is 42.6 Å². The van der Waals surface area contributed by atoms with Crippen LogP contribution in [0.3, 0.4) is 0 Å². The molecule has 1 aromatic carbocycles. The molecular weight excluding hydrogens is 409 g/mol. The van der Waals surface area contributed by atoms with E-state index in [1.807, 2.05) is 24.3 Å². The molecule has 8 heteroatoms. The van der Waals surface area contributed by atoms with E-state index in [1.54, 1.807) is 6.26 Å². The van der Waals surface area contributed by atoms with Crippen molar-refractivity contribution in [3.05, 3.63) is 57.6 Å². The number of nitrogens with two attached hydrogens (primary N) is 1. The van der Waals surface area contributed by atoms with Crippen molar-refractivity contribution in [2.24, 2.45) is 0 Å². The third-order valence-corrected chi connectivity index (χ3v) is 4.59. The predicted octanol–water partition coefficient (Wildman–Crippen LogP) is 2.52. The van der Waals surface area contributed by atoms with Crippen LogP contribution in [0.2, 0.25) is 0 Å². The fraction of sp³-hybridized carbons (Fsp3) is 0.133. The second-order valence-electron chi connectivity index (χ2n) is 4.98. The number of imidazole rings is 1. The number of ether oxygens (including phenoxy) is 2. The van der Waals surface area contributed by atoms with E-state index in [0.29, 0.717) is 28.6 Å². The van der Waals surface area contributed by atoms with Gasteiger partial charge in [-0.25, -0.2) is 15.0 Å². The monoisotopic (exact) mass is 421 g/mol. The lowest BCUT2D eigenvalue weighted by Crippen LogP contribution is -2.09. The number of nitrogen functional groups attached to an aromatic ring is 1. The van der Waals surface area contributed by atoms with E-state index < -0.39 is 0 Å². The lowest BCUT2D eigenvalue weighted by Gasteiger charge is -2.16. The van der Waals surface area contributed by atoms with Crippen molar-refractivity contribution in [2.75, 3.05) is 12.5 Å². The fourth-order valence-electron chi connectivity index (χ4n) is 2.55. The summed E-state index contributed by atoms with van der Waals surface area (Å²) in [6, 6.07) is 8.05. The van der Waals surface area contributed by atoms with Crippen LogP contribution in [-0.4, -0.2) is 26.7 Å². The standard InChI is InChI=1S/C15H12IN5O2/c16-9-4-2-1-3-8(9)11(10-5-22-7-23-10)14-20-12-13(17)18-6-19-15(12)21-14/h1-6,11H,7H2,(H3,17,18,19,20,21). The zero-order valence-electron chi connectivity index (χ0n) is 11.9. The smallest absolute Gasteiger partial charge is 0.229 e. The highest BCUT2D eigenvalue weighted by atomic mass is 127. The van der Waals surface area contributed by atoms with Crippen LogP contribution in [0.1, 0.15) is 17.3 Å². The fourth-order valence-corrected chi connectivity index (χ4v) is 3.25. The van der Waals surface area contributed by atoms with Crippen LogP contribution in [-0.2, 0) is 9.47 Å².